The van der Waals surface area contributed by atoms with E-state index in [1.165, 1.54) is 27.8 Å². The highest BCUT2D eigenvalue weighted by atomic mass is 14.8. The Morgan fingerprint density at radius 3 is 2.38 bits per heavy atom. The maximum absolute atomic E-state index is 4.69. The van der Waals surface area contributed by atoms with E-state index >= 15 is 0 Å². The van der Waals surface area contributed by atoms with Crippen LogP contribution in [-0.2, 0) is 0 Å². The molecule has 0 aliphatic carbocycles. The fraction of sp³-hybridized carbons (Fsp3) is 0.450. The minimum Gasteiger partial charge on any atom is -0.290 e. The fourth-order valence-corrected chi connectivity index (χ4v) is 2.14. The quantitative estimate of drug-likeness (QED) is 0.581. The largest absolute Gasteiger partial charge is 0.290 e. The second kappa shape index (κ2) is 7.97. The molecule has 0 N–H and O–H groups in total. The van der Waals surface area contributed by atoms with Crippen molar-refractivity contribution in [1.82, 2.24) is 0 Å². The van der Waals surface area contributed by atoms with Crippen LogP contribution in [0.25, 0.3) is 5.57 Å². The van der Waals surface area contributed by atoms with Gasteiger partial charge in [-0.1, -0.05) is 43.3 Å². The molecule has 2 atom stereocenters. The molecule has 1 heteroatoms. The molecule has 114 valence electrons. The smallest absolute Gasteiger partial charge is 0.0500 e. The number of aryl methyl sites for hydroxylation is 1. The lowest BCUT2D eigenvalue weighted by Crippen LogP contribution is -2.12. The average molecular weight is 283 g/mol. The van der Waals surface area contributed by atoms with Gasteiger partial charge in [-0.25, -0.2) is 0 Å². The summed E-state index contributed by atoms with van der Waals surface area (Å²) in [6.07, 6.45) is 2.99. The van der Waals surface area contributed by atoms with Gasteiger partial charge in [-0.3, -0.25) is 4.99 Å². The zero-order valence-electron chi connectivity index (χ0n) is 14.4. The SMILES string of the molecule is C=C(CC(C)C(C)N=CC(C)=C(C)C)c1ccccc1C. The molecule has 0 aliphatic rings. The maximum Gasteiger partial charge on any atom is 0.0500 e. The van der Waals surface area contributed by atoms with Crippen LogP contribution in [0, 0.1) is 12.8 Å². The van der Waals surface area contributed by atoms with Crippen molar-refractivity contribution >= 4 is 11.8 Å². The minimum absolute atomic E-state index is 0.306. The van der Waals surface area contributed by atoms with Gasteiger partial charge in [0.2, 0.25) is 0 Å². The van der Waals surface area contributed by atoms with E-state index in [0.29, 0.717) is 12.0 Å². The zero-order chi connectivity index (χ0) is 16.0. The molecule has 0 heterocycles. The summed E-state index contributed by atoms with van der Waals surface area (Å²) in [4.78, 5) is 4.69. The topological polar surface area (TPSA) is 12.4 Å². The molecule has 1 rings (SSSR count). The average Bonchev–Trinajstić information content (AvgIpc) is 2.44. The monoisotopic (exact) mass is 283 g/mol. The summed E-state index contributed by atoms with van der Waals surface area (Å²) in [7, 11) is 0. The van der Waals surface area contributed by atoms with Crippen molar-refractivity contribution in [2.45, 2.75) is 54.0 Å². The van der Waals surface area contributed by atoms with Crippen molar-refractivity contribution < 1.29 is 0 Å². The van der Waals surface area contributed by atoms with E-state index in [1.807, 2.05) is 6.21 Å². The lowest BCUT2D eigenvalue weighted by atomic mass is 9.90. The number of nitrogens with zero attached hydrogens (tertiary/aromatic N) is 1. The molecule has 0 aliphatic heterocycles. The summed E-state index contributed by atoms with van der Waals surface area (Å²) in [5, 5.41) is 0. The summed E-state index contributed by atoms with van der Waals surface area (Å²) in [6.45, 7) is 17.2. The predicted molar refractivity (Wildman–Crippen MR) is 96.0 cm³/mol. The number of aliphatic imine (C=N–C) groups is 1. The molecule has 1 nitrogen and oxygen atoms in total. The van der Waals surface area contributed by atoms with Gasteiger partial charge in [0, 0.05) is 12.3 Å². The Hall–Kier alpha value is -1.63. The summed E-state index contributed by atoms with van der Waals surface area (Å²) in [6, 6.07) is 8.76. The molecular formula is C20H29N. The van der Waals surface area contributed by atoms with Crippen molar-refractivity contribution in [3.8, 4) is 0 Å². The van der Waals surface area contributed by atoms with Gasteiger partial charge in [0.15, 0.2) is 0 Å². The molecule has 1 aromatic carbocycles. The normalized spacial score (nSPS) is 14.0. The Morgan fingerprint density at radius 2 is 1.81 bits per heavy atom. The molecule has 0 saturated heterocycles. The van der Waals surface area contributed by atoms with E-state index in [1.54, 1.807) is 0 Å². The van der Waals surface area contributed by atoms with E-state index in [9.17, 15) is 0 Å². The molecular weight excluding hydrogens is 254 g/mol. The standard InChI is InChI=1S/C20H29N/c1-14(2)18(6)13-21-19(7)16(4)12-17(5)20-11-9-8-10-15(20)3/h8-11,13,16,19H,5,12H2,1-4,6-7H3. The second-order valence-electron chi connectivity index (χ2n) is 6.30. The van der Waals surface area contributed by atoms with Gasteiger partial charge in [-0.15, -0.1) is 0 Å². The van der Waals surface area contributed by atoms with Crippen LogP contribution in [-0.4, -0.2) is 12.3 Å². The molecule has 0 radical (unpaired) electrons. The summed E-state index contributed by atoms with van der Waals surface area (Å²) in [5.74, 6) is 0.485. The molecule has 0 fully saturated rings. The van der Waals surface area contributed by atoms with Gasteiger partial charge < -0.3 is 0 Å². The summed E-state index contributed by atoms with van der Waals surface area (Å²) < 4.78 is 0. The fourth-order valence-electron chi connectivity index (χ4n) is 2.14. The van der Waals surface area contributed by atoms with E-state index < -0.39 is 0 Å². The van der Waals surface area contributed by atoms with Crippen LogP contribution in [0.4, 0.5) is 0 Å². The van der Waals surface area contributed by atoms with Crippen molar-refractivity contribution in [2.75, 3.05) is 0 Å². The first-order valence-electron chi connectivity index (χ1n) is 7.74. The third-order valence-corrected chi connectivity index (χ3v) is 4.21. The van der Waals surface area contributed by atoms with Gasteiger partial charge in [-0.05, 0) is 69.2 Å². The Balaban J connectivity index is 2.69. The highest BCUT2D eigenvalue weighted by Gasteiger charge is 2.13. The Labute approximate surface area is 130 Å². The van der Waals surface area contributed by atoms with Crippen molar-refractivity contribution in [3.05, 3.63) is 53.1 Å². The van der Waals surface area contributed by atoms with E-state index in [2.05, 4.69) is 72.4 Å². The van der Waals surface area contributed by atoms with Gasteiger partial charge in [-0.2, -0.15) is 0 Å². The summed E-state index contributed by atoms with van der Waals surface area (Å²) in [5.41, 5.74) is 6.36. The molecule has 0 spiro atoms. The van der Waals surface area contributed by atoms with Crippen molar-refractivity contribution in [3.63, 3.8) is 0 Å². The van der Waals surface area contributed by atoms with E-state index in [-0.39, 0.29) is 0 Å². The molecule has 0 amide bonds. The zero-order valence-corrected chi connectivity index (χ0v) is 14.4. The minimum atomic E-state index is 0.306. The van der Waals surface area contributed by atoms with Gasteiger partial charge in [0.25, 0.3) is 0 Å². The number of hydrogen-bond acceptors (Lipinski definition) is 1. The van der Waals surface area contributed by atoms with Crippen LogP contribution >= 0.6 is 0 Å². The van der Waals surface area contributed by atoms with Crippen LogP contribution < -0.4 is 0 Å². The molecule has 0 bridgehead atoms. The van der Waals surface area contributed by atoms with Crippen LogP contribution in [0.2, 0.25) is 0 Å². The van der Waals surface area contributed by atoms with Gasteiger partial charge in [0.05, 0.1) is 0 Å². The lowest BCUT2D eigenvalue weighted by molar-refractivity contribution is 0.499. The van der Waals surface area contributed by atoms with E-state index in [4.69, 9.17) is 4.99 Å². The maximum atomic E-state index is 4.69. The van der Waals surface area contributed by atoms with Crippen LogP contribution in [0.1, 0.15) is 52.2 Å². The Kier molecular flexibility index (Phi) is 6.61. The highest BCUT2D eigenvalue weighted by molar-refractivity contribution is 5.78. The molecule has 0 saturated carbocycles. The number of hydrogen-bond donors (Lipinski definition) is 0. The number of rotatable bonds is 6. The molecule has 1 aromatic rings. The number of benzene rings is 1. The third kappa shape index (κ3) is 5.34. The first-order chi connectivity index (χ1) is 9.82. The molecule has 0 aromatic heterocycles. The van der Waals surface area contributed by atoms with Gasteiger partial charge in [0.1, 0.15) is 0 Å². The molecule has 21 heavy (non-hydrogen) atoms. The Morgan fingerprint density at radius 1 is 1.19 bits per heavy atom. The second-order valence-corrected chi connectivity index (χ2v) is 6.30. The number of allylic oxidation sites excluding steroid dienone is 3. The molecule has 2 unspecified atom stereocenters. The van der Waals surface area contributed by atoms with Gasteiger partial charge >= 0.3 is 0 Å². The highest BCUT2D eigenvalue weighted by Crippen LogP contribution is 2.26. The Bertz CT molecular complexity index is 545. The van der Waals surface area contributed by atoms with Crippen molar-refractivity contribution in [1.29, 1.82) is 0 Å². The van der Waals surface area contributed by atoms with Crippen LogP contribution in [0.5, 0.6) is 0 Å². The predicted octanol–water partition coefficient (Wildman–Crippen LogP) is 5.85. The first kappa shape index (κ1) is 17.4. The lowest BCUT2D eigenvalue weighted by Gasteiger charge is -2.18. The van der Waals surface area contributed by atoms with E-state index in [0.717, 1.165) is 6.42 Å². The third-order valence-electron chi connectivity index (χ3n) is 4.21. The summed E-state index contributed by atoms with van der Waals surface area (Å²) >= 11 is 0. The van der Waals surface area contributed by atoms with Crippen LogP contribution in [0.15, 0.2) is 47.0 Å². The van der Waals surface area contributed by atoms with Crippen LogP contribution in [0.3, 0.4) is 0 Å². The first-order valence-corrected chi connectivity index (χ1v) is 7.74. The van der Waals surface area contributed by atoms with Crippen molar-refractivity contribution in [2.24, 2.45) is 10.9 Å².